The van der Waals surface area contributed by atoms with Crippen LogP contribution in [-0.2, 0) is 9.59 Å². The van der Waals surface area contributed by atoms with Crippen LogP contribution in [0.1, 0.15) is 17.3 Å². The molecule has 0 aliphatic carbocycles. The van der Waals surface area contributed by atoms with Gasteiger partial charge in [0.05, 0.1) is 22.7 Å². The van der Waals surface area contributed by atoms with E-state index in [1.807, 2.05) is 0 Å². The Morgan fingerprint density at radius 3 is 2.71 bits per heavy atom. The van der Waals surface area contributed by atoms with Crippen LogP contribution in [0.4, 0.5) is 11.4 Å². The molecule has 9 heteroatoms. The van der Waals surface area contributed by atoms with Gasteiger partial charge in [-0.15, -0.1) is 0 Å². The molecule has 2 N–H and O–H groups in total. The van der Waals surface area contributed by atoms with Crippen LogP contribution in [0.3, 0.4) is 0 Å². The van der Waals surface area contributed by atoms with E-state index in [1.54, 1.807) is 0 Å². The van der Waals surface area contributed by atoms with Crippen LogP contribution < -0.4 is 10.2 Å². The fraction of sp³-hybridized carbons (Fsp3) is 0.250. The summed E-state index contributed by atoms with van der Waals surface area (Å²) in [6, 6.07) is 2.37. The van der Waals surface area contributed by atoms with Crippen LogP contribution in [0.25, 0.3) is 0 Å². The first-order chi connectivity index (χ1) is 9.81. The van der Waals surface area contributed by atoms with E-state index in [0.29, 0.717) is 0 Å². The smallest absolute Gasteiger partial charge is 0.337 e. The van der Waals surface area contributed by atoms with E-state index in [0.717, 1.165) is 18.2 Å². The monoisotopic (exact) mass is 293 g/mol. The molecule has 110 valence electrons. The average molecular weight is 293 g/mol. The summed E-state index contributed by atoms with van der Waals surface area (Å²) in [5, 5.41) is 22.1. The summed E-state index contributed by atoms with van der Waals surface area (Å²) in [6.07, 6.45) is 0. The molecule has 1 aromatic rings. The summed E-state index contributed by atoms with van der Waals surface area (Å²) in [4.78, 5) is 45.7. The van der Waals surface area contributed by atoms with Crippen LogP contribution >= 0.6 is 0 Å². The van der Waals surface area contributed by atoms with Crippen molar-refractivity contribution in [3.05, 3.63) is 33.9 Å². The number of carbonyl (C=O) groups excluding carboxylic acids is 2. The molecule has 1 fully saturated rings. The average Bonchev–Trinajstić information content (AvgIpc) is 2.41. The molecule has 2 rings (SSSR count). The SMILES string of the molecule is CC1C(=O)NC(=O)CN1c1cc([N+](=O)[O-])ccc1C(=O)O. The first-order valence-corrected chi connectivity index (χ1v) is 5.93. The lowest BCUT2D eigenvalue weighted by atomic mass is 10.1. The molecule has 2 amide bonds. The second-order valence-electron chi connectivity index (χ2n) is 4.48. The van der Waals surface area contributed by atoms with E-state index in [1.165, 1.54) is 11.8 Å². The third kappa shape index (κ3) is 2.66. The number of carboxylic acid groups (broad SMARTS) is 1. The molecule has 0 aromatic heterocycles. The predicted molar refractivity (Wildman–Crippen MR) is 70.0 cm³/mol. The molecule has 0 saturated carbocycles. The molecule has 0 bridgehead atoms. The van der Waals surface area contributed by atoms with Crippen LogP contribution in [0.15, 0.2) is 18.2 Å². The van der Waals surface area contributed by atoms with Crippen LogP contribution in [-0.4, -0.2) is 40.4 Å². The number of imide groups is 1. The number of non-ortho nitro benzene ring substituents is 1. The number of nitro benzene ring substituents is 1. The highest BCUT2D eigenvalue weighted by Gasteiger charge is 2.33. The highest BCUT2D eigenvalue weighted by Crippen LogP contribution is 2.28. The molecular weight excluding hydrogens is 282 g/mol. The zero-order valence-corrected chi connectivity index (χ0v) is 10.9. The maximum Gasteiger partial charge on any atom is 0.337 e. The summed E-state index contributed by atoms with van der Waals surface area (Å²) < 4.78 is 0. The van der Waals surface area contributed by atoms with Gasteiger partial charge in [0.2, 0.25) is 11.8 Å². The lowest BCUT2D eigenvalue weighted by Gasteiger charge is -2.34. The fourth-order valence-electron chi connectivity index (χ4n) is 2.06. The summed E-state index contributed by atoms with van der Waals surface area (Å²) in [6.45, 7) is 1.22. The van der Waals surface area contributed by atoms with Crippen molar-refractivity contribution in [1.29, 1.82) is 0 Å². The molecule has 1 heterocycles. The van der Waals surface area contributed by atoms with Gasteiger partial charge >= 0.3 is 5.97 Å². The number of nitrogens with one attached hydrogen (secondary N) is 1. The van der Waals surface area contributed by atoms with Crippen molar-refractivity contribution in [3.63, 3.8) is 0 Å². The van der Waals surface area contributed by atoms with Crippen molar-refractivity contribution in [1.82, 2.24) is 5.32 Å². The number of benzene rings is 1. The Balaban J connectivity index is 2.56. The van der Waals surface area contributed by atoms with Crippen molar-refractivity contribution in [2.24, 2.45) is 0 Å². The number of hydrogen-bond donors (Lipinski definition) is 2. The maximum atomic E-state index is 11.6. The van der Waals surface area contributed by atoms with Gasteiger partial charge in [0.25, 0.3) is 5.69 Å². The number of rotatable bonds is 3. The van der Waals surface area contributed by atoms with Gasteiger partial charge in [-0.1, -0.05) is 0 Å². The van der Waals surface area contributed by atoms with Gasteiger partial charge in [0, 0.05) is 12.1 Å². The minimum Gasteiger partial charge on any atom is -0.478 e. The number of carbonyl (C=O) groups is 3. The number of piperazine rings is 1. The van der Waals surface area contributed by atoms with Gasteiger partial charge in [-0.3, -0.25) is 25.0 Å². The highest BCUT2D eigenvalue weighted by molar-refractivity contribution is 6.06. The number of nitrogens with zero attached hydrogens (tertiary/aromatic N) is 2. The fourth-order valence-corrected chi connectivity index (χ4v) is 2.06. The van der Waals surface area contributed by atoms with Crippen LogP contribution in [0.5, 0.6) is 0 Å². The first-order valence-electron chi connectivity index (χ1n) is 5.93. The summed E-state index contributed by atoms with van der Waals surface area (Å²) in [5.74, 6) is -2.49. The number of nitro groups is 1. The van der Waals surface area contributed by atoms with Crippen molar-refractivity contribution in [2.45, 2.75) is 13.0 Å². The quantitative estimate of drug-likeness (QED) is 0.460. The highest BCUT2D eigenvalue weighted by atomic mass is 16.6. The lowest BCUT2D eigenvalue weighted by Crippen LogP contribution is -2.57. The van der Waals surface area contributed by atoms with Gasteiger partial charge in [-0.05, 0) is 13.0 Å². The van der Waals surface area contributed by atoms with Crippen LogP contribution in [0, 0.1) is 10.1 Å². The normalized spacial score (nSPS) is 18.3. The van der Waals surface area contributed by atoms with Crippen molar-refractivity contribution in [3.8, 4) is 0 Å². The third-order valence-corrected chi connectivity index (χ3v) is 3.16. The molecule has 1 saturated heterocycles. The predicted octanol–water partition coefficient (Wildman–Crippen LogP) is 0.144. The van der Waals surface area contributed by atoms with Crippen LogP contribution in [0.2, 0.25) is 0 Å². The van der Waals surface area contributed by atoms with Gasteiger partial charge < -0.3 is 10.0 Å². The lowest BCUT2D eigenvalue weighted by molar-refractivity contribution is -0.384. The summed E-state index contributed by atoms with van der Waals surface area (Å²) >= 11 is 0. The standard InChI is InChI=1S/C12H11N3O6/c1-6-11(17)13-10(16)5-14(6)9-4-7(15(20)21)2-3-8(9)12(18)19/h2-4,6H,5H2,1H3,(H,18,19)(H,13,16,17). The Hall–Kier alpha value is -2.97. The molecule has 0 spiro atoms. The summed E-state index contributed by atoms with van der Waals surface area (Å²) in [7, 11) is 0. The van der Waals surface area contributed by atoms with E-state index in [4.69, 9.17) is 5.11 Å². The largest absolute Gasteiger partial charge is 0.478 e. The molecule has 1 atom stereocenters. The molecule has 0 radical (unpaired) electrons. The zero-order chi connectivity index (χ0) is 15.7. The Bertz CT molecular complexity index is 656. The Morgan fingerprint density at radius 1 is 1.48 bits per heavy atom. The molecule has 9 nitrogen and oxygen atoms in total. The second kappa shape index (κ2) is 5.19. The van der Waals surface area contributed by atoms with Crippen molar-refractivity contribution in [2.75, 3.05) is 11.4 Å². The van der Waals surface area contributed by atoms with E-state index in [2.05, 4.69) is 5.32 Å². The first kappa shape index (κ1) is 14.4. The number of anilines is 1. The van der Waals surface area contributed by atoms with Crippen molar-refractivity contribution >= 4 is 29.2 Å². The number of aromatic carboxylic acids is 1. The Morgan fingerprint density at radius 2 is 2.14 bits per heavy atom. The van der Waals surface area contributed by atoms with Gasteiger partial charge in [0.15, 0.2) is 0 Å². The topological polar surface area (TPSA) is 130 Å². The summed E-state index contributed by atoms with van der Waals surface area (Å²) in [5.41, 5.74) is -0.567. The second-order valence-corrected chi connectivity index (χ2v) is 4.48. The zero-order valence-electron chi connectivity index (χ0n) is 10.9. The number of amides is 2. The van der Waals surface area contributed by atoms with Gasteiger partial charge in [-0.2, -0.15) is 0 Å². The molecule has 1 unspecified atom stereocenters. The Labute approximate surface area is 118 Å². The minimum atomic E-state index is -1.30. The number of hydrogen-bond acceptors (Lipinski definition) is 6. The third-order valence-electron chi connectivity index (χ3n) is 3.16. The molecule has 1 aromatic carbocycles. The molecule has 1 aliphatic rings. The molecule has 1 aliphatic heterocycles. The van der Waals surface area contributed by atoms with E-state index in [9.17, 15) is 24.5 Å². The molecular formula is C12H11N3O6. The van der Waals surface area contributed by atoms with E-state index in [-0.39, 0.29) is 23.5 Å². The number of carboxylic acids is 1. The van der Waals surface area contributed by atoms with Crippen molar-refractivity contribution < 1.29 is 24.4 Å². The van der Waals surface area contributed by atoms with E-state index >= 15 is 0 Å². The maximum absolute atomic E-state index is 11.6. The van der Waals surface area contributed by atoms with E-state index < -0.39 is 28.7 Å². The molecule has 21 heavy (non-hydrogen) atoms. The van der Waals surface area contributed by atoms with Gasteiger partial charge in [-0.25, -0.2) is 4.79 Å². The minimum absolute atomic E-state index is 0.0348. The Kier molecular flexibility index (Phi) is 3.57. The van der Waals surface area contributed by atoms with Gasteiger partial charge in [0.1, 0.15) is 6.04 Å².